The van der Waals surface area contributed by atoms with Crippen molar-refractivity contribution in [1.82, 2.24) is 5.32 Å². The lowest BCUT2D eigenvalue weighted by Crippen LogP contribution is -2.32. The van der Waals surface area contributed by atoms with Crippen LogP contribution in [0.5, 0.6) is 0 Å². The van der Waals surface area contributed by atoms with Crippen LogP contribution in [0, 0.1) is 0 Å². The van der Waals surface area contributed by atoms with Gasteiger partial charge in [0.2, 0.25) is 0 Å². The molecule has 1 fully saturated rings. The second-order valence-electron chi connectivity index (χ2n) is 10.1. The zero-order valence-electron chi connectivity index (χ0n) is 20.7. The van der Waals surface area contributed by atoms with Crippen LogP contribution < -0.4 is 10.6 Å². The molecule has 12 heteroatoms. The average molecular weight is 587 g/mol. The number of rotatable bonds is 6. The van der Waals surface area contributed by atoms with Crippen molar-refractivity contribution < 1.29 is 32.6 Å². The smallest absolute Gasteiger partial charge is 0.310 e. The number of halogens is 5. The van der Waals surface area contributed by atoms with E-state index < -0.39 is 30.2 Å². The van der Waals surface area contributed by atoms with Crippen molar-refractivity contribution in [3.05, 3.63) is 77.9 Å². The lowest BCUT2D eigenvalue weighted by molar-refractivity contribution is 0.0946. The molecule has 1 amide bonds. The maximum Gasteiger partial charge on any atom is 0.310 e. The third-order valence-corrected chi connectivity index (χ3v) is 10.8. The van der Waals surface area contributed by atoms with Crippen LogP contribution in [0.25, 0.3) is 11.1 Å². The third kappa shape index (κ3) is 5.91. The third-order valence-electron chi connectivity index (χ3n) is 7.33. The summed E-state index contributed by atoms with van der Waals surface area (Å²) in [7, 11) is -13.3. The molecule has 0 radical (unpaired) electrons. The molecule has 3 aromatic rings. The summed E-state index contributed by atoms with van der Waals surface area (Å²) in [6, 6.07) is 14.7. The molecule has 210 valence electrons. The van der Waals surface area contributed by atoms with Crippen LogP contribution in [-0.4, -0.2) is 32.2 Å². The Morgan fingerprint density at radius 3 is 2.03 bits per heavy atom. The van der Waals surface area contributed by atoms with Gasteiger partial charge < -0.3 is 10.6 Å². The molecule has 0 aromatic heterocycles. The van der Waals surface area contributed by atoms with Gasteiger partial charge in [-0.1, -0.05) is 43.7 Å². The Kier molecular flexibility index (Phi) is 6.30. The van der Waals surface area contributed by atoms with Gasteiger partial charge in [-0.15, -0.1) is 0 Å². The van der Waals surface area contributed by atoms with Gasteiger partial charge in [0.05, 0.1) is 10.1 Å². The van der Waals surface area contributed by atoms with Crippen molar-refractivity contribution in [2.75, 3.05) is 11.9 Å². The van der Waals surface area contributed by atoms with E-state index in [1.54, 1.807) is 24.3 Å². The average Bonchev–Trinajstić information content (AvgIpc) is 2.88. The fourth-order valence-electron chi connectivity index (χ4n) is 5.18. The summed E-state index contributed by atoms with van der Waals surface area (Å²) in [6.07, 6.45) is 2.39. The highest BCUT2D eigenvalue weighted by Gasteiger charge is 2.65. The number of sulfone groups is 1. The van der Waals surface area contributed by atoms with Gasteiger partial charge in [-0.25, -0.2) is 8.42 Å². The van der Waals surface area contributed by atoms with Gasteiger partial charge in [-0.05, 0) is 91.3 Å². The molecule has 2 N–H and O–H groups in total. The first kappa shape index (κ1) is 27.4. The Morgan fingerprint density at radius 2 is 1.41 bits per heavy atom. The van der Waals surface area contributed by atoms with E-state index in [1.165, 1.54) is 0 Å². The van der Waals surface area contributed by atoms with Crippen LogP contribution in [0.1, 0.15) is 41.6 Å². The molecule has 0 spiro atoms. The SMILES string of the molecule is O=C1NCCc2ccc(-c3ccc(S(=O)(=O)C4CCC(Nc5ccc(S(F)(F)(F)(F)F)cc5)CC4)cc3)cc21. The second kappa shape index (κ2) is 8.95. The van der Waals surface area contributed by atoms with Crippen molar-refractivity contribution in [1.29, 1.82) is 0 Å². The zero-order valence-corrected chi connectivity index (χ0v) is 22.3. The van der Waals surface area contributed by atoms with Gasteiger partial charge in [-0.2, -0.15) is 0 Å². The monoisotopic (exact) mass is 586 g/mol. The van der Waals surface area contributed by atoms with Gasteiger partial charge in [-0.3, -0.25) is 4.79 Å². The van der Waals surface area contributed by atoms with Crippen LogP contribution in [0.4, 0.5) is 25.1 Å². The minimum atomic E-state index is -9.72. The van der Waals surface area contributed by atoms with Crippen molar-refractivity contribution in [2.45, 2.75) is 53.2 Å². The predicted octanol–water partition coefficient (Wildman–Crippen LogP) is 7.49. The Balaban J connectivity index is 1.22. The number of amides is 1. The molecule has 1 heterocycles. The number of benzene rings is 3. The number of hydrogen-bond donors (Lipinski definition) is 2. The van der Waals surface area contributed by atoms with Crippen molar-refractivity contribution >= 4 is 31.7 Å². The normalized spacial score (nSPS) is 21.7. The first-order chi connectivity index (χ1) is 18.1. The van der Waals surface area contributed by atoms with E-state index >= 15 is 0 Å². The molecule has 1 saturated carbocycles. The molecule has 0 unspecified atom stereocenters. The Bertz CT molecular complexity index is 1520. The van der Waals surface area contributed by atoms with E-state index in [1.807, 2.05) is 18.2 Å². The maximum absolute atomic E-state index is 13.3. The second-order valence-corrected chi connectivity index (χ2v) is 14.7. The Hall–Kier alpha value is -3.12. The maximum atomic E-state index is 13.3. The van der Waals surface area contributed by atoms with E-state index in [0.29, 0.717) is 49.9 Å². The van der Waals surface area contributed by atoms with E-state index in [-0.39, 0.29) is 22.5 Å². The molecule has 1 aliphatic heterocycles. The van der Waals surface area contributed by atoms with Gasteiger partial charge in [0, 0.05) is 23.8 Å². The molecule has 0 bridgehead atoms. The van der Waals surface area contributed by atoms with Crippen molar-refractivity contribution in [3.63, 3.8) is 0 Å². The number of carbonyl (C=O) groups is 1. The van der Waals surface area contributed by atoms with Crippen LogP contribution >= 0.6 is 10.2 Å². The summed E-state index contributed by atoms with van der Waals surface area (Å²) in [5.41, 5.74) is 3.47. The highest BCUT2D eigenvalue weighted by Crippen LogP contribution is 3.02. The standard InChI is InChI=1S/C27H27F5N2O3S2/c28-39(29,30,31,32)25-13-7-22(8-14-25)34-21-5-11-24(12-6-21)38(36,37)23-9-3-18(4-10-23)20-2-1-19-15-16-33-27(35)26(19)17-20/h1-4,7-10,13-14,17,21,24,34H,5-6,11-12,15-16H2,(H,33,35). The summed E-state index contributed by atoms with van der Waals surface area (Å²) in [4.78, 5) is 10.4. The topological polar surface area (TPSA) is 75.3 Å². The fourth-order valence-corrected chi connectivity index (χ4v) is 7.63. The molecule has 3 aromatic carbocycles. The summed E-state index contributed by atoms with van der Waals surface area (Å²) in [6.45, 7) is 0.604. The highest BCUT2D eigenvalue weighted by atomic mass is 32.5. The zero-order chi connectivity index (χ0) is 28.1. The fraction of sp³-hybridized carbons (Fsp3) is 0.296. The molecular formula is C27H27F5N2O3S2. The first-order valence-corrected chi connectivity index (χ1v) is 16.0. The van der Waals surface area contributed by atoms with Crippen LogP contribution in [0.3, 0.4) is 0 Å². The molecule has 5 rings (SSSR count). The molecule has 2 aliphatic rings. The van der Waals surface area contributed by atoms with Crippen LogP contribution in [0.2, 0.25) is 0 Å². The molecular weight excluding hydrogens is 559 g/mol. The Morgan fingerprint density at radius 1 is 0.795 bits per heavy atom. The van der Waals surface area contributed by atoms with Crippen molar-refractivity contribution in [2.24, 2.45) is 0 Å². The lowest BCUT2D eigenvalue weighted by Gasteiger charge is -2.40. The predicted molar refractivity (Wildman–Crippen MR) is 143 cm³/mol. The summed E-state index contributed by atoms with van der Waals surface area (Å²) in [5.74, 6) is -0.122. The van der Waals surface area contributed by atoms with Crippen LogP contribution in [0.15, 0.2) is 76.5 Å². The number of carbonyl (C=O) groups excluding carboxylic acids is 1. The van der Waals surface area contributed by atoms with Crippen molar-refractivity contribution in [3.8, 4) is 11.1 Å². The van der Waals surface area contributed by atoms with E-state index in [4.69, 9.17) is 0 Å². The van der Waals surface area contributed by atoms with E-state index in [2.05, 4.69) is 10.6 Å². The molecule has 1 aliphatic carbocycles. The first-order valence-electron chi connectivity index (χ1n) is 12.5. The minimum Gasteiger partial charge on any atom is -0.382 e. The summed E-state index contributed by atoms with van der Waals surface area (Å²) < 4.78 is 91.2. The molecule has 0 saturated heterocycles. The number of hydrogen-bond acceptors (Lipinski definition) is 4. The van der Waals surface area contributed by atoms with Gasteiger partial charge >= 0.3 is 10.2 Å². The summed E-state index contributed by atoms with van der Waals surface area (Å²) >= 11 is 0. The quantitative estimate of drug-likeness (QED) is 0.294. The van der Waals surface area contributed by atoms with Gasteiger partial charge in [0.1, 0.15) is 4.90 Å². The van der Waals surface area contributed by atoms with Gasteiger partial charge in [0.15, 0.2) is 9.84 Å². The number of fused-ring (bicyclic) bond motifs is 1. The van der Waals surface area contributed by atoms with E-state index in [9.17, 15) is 32.6 Å². The minimum absolute atomic E-state index is 0.122. The molecule has 0 atom stereocenters. The lowest BCUT2D eigenvalue weighted by atomic mass is 9.95. The highest BCUT2D eigenvalue weighted by molar-refractivity contribution is 8.45. The number of nitrogens with one attached hydrogen (secondary N) is 2. The van der Waals surface area contributed by atoms with Crippen LogP contribution in [-0.2, 0) is 16.3 Å². The number of anilines is 1. The summed E-state index contributed by atoms with van der Waals surface area (Å²) in [5, 5.41) is 5.24. The van der Waals surface area contributed by atoms with Gasteiger partial charge in [0.25, 0.3) is 5.91 Å². The molecule has 5 nitrogen and oxygen atoms in total. The van der Waals surface area contributed by atoms with E-state index in [0.717, 1.165) is 35.2 Å². The Labute approximate surface area is 223 Å². The molecule has 39 heavy (non-hydrogen) atoms. The largest absolute Gasteiger partial charge is 0.382 e.